The lowest BCUT2D eigenvalue weighted by Gasteiger charge is -2.51. The van der Waals surface area contributed by atoms with Crippen molar-refractivity contribution in [1.29, 1.82) is 0 Å². The van der Waals surface area contributed by atoms with Crippen molar-refractivity contribution in [3.63, 3.8) is 0 Å². The van der Waals surface area contributed by atoms with Crippen LogP contribution < -0.4 is 4.74 Å². The second kappa shape index (κ2) is 11.0. The first-order valence-corrected chi connectivity index (χ1v) is 15.1. The Bertz CT molecular complexity index is 1000. The van der Waals surface area contributed by atoms with E-state index in [1.807, 2.05) is 61.5 Å². The van der Waals surface area contributed by atoms with Gasteiger partial charge in [0.1, 0.15) is 12.4 Å². The average molecular weight is 498 g/mol. The van der Waals surface area contributed by atoms with E-state index in [0.29, 0.717) is 6.54 Å². The number of methoxy groups -OCH3 is 1. The molecule has 1 aliphatic heterocycles. The third-order valence-corrected chi connectivity index (χ3v) is 11.9. The normalized spacial score (nSPS) is 19.2. The molecule has 6 nitrogen and oxygen atoms in total. The minimum Gasteiger partial charge on any atom is -0.497 e. The van der Waals surface area contributed by atoms with Gasteiger partial charge in [0, 0.05) is 6.54 Å². The van der Waals surface area contributed by atoms with Crippen LogP contribution in [0.3, 0.4) is 0 Å². The number of hydrogen-bond donors (Lipinski definition) is 0. The van der Waals surface area contributed by atoms with Crippen molar-refractivity contribution in [2.75, 3.05) is 7.11 Å². The zero-order chi connectivity index (χ0) is 25.8. The Labute approximate surface area is 210 Å². The molecule has 0 saturated carbocycles. The highest BCUT2D eigenvalue weighted by atomic mass is 28.4. The minimum atomic E-state index is -2.08. The van der Waals surface area contributed by atoms with Crippen LogP contribution in [-0.4, -0.2) is 44.3 Å². The van der Waals surface area contributed by atoms with Crippen LogP contribution in [0.2, 0.25) is 18.1 Å². The van der Waals surface area contributed by atoms with Crippen LogP contribution >= 0.6 is 0 Å². The van der Waals surface area contributed by atoms with Crippen molar-refractivity contribution in [3.8, 4) is 5.75 Å². The molecule has 0 aromatic heterocycles. The fourth-order valence-corrected chi connectivity index (χ4v) is 5.62. The van der Waals surface area contributed by atoms with Gasteiger partial charge in [0.15, 0.2) is 8.32 Å². The number of amides is 1. The Kier molecular flexibility index (Phi) is 8.44. The van der Waals surface area contributed by atoms with Gasteiger partial charge in [-0.15, -0.1) is 0 Å². The van der Waals surface area contributed by atoms with Crippen LogP contribution in [0.25, 0.3) is 0 Å². The Morgan fingerprint density at radius 1 is 1.03 bits per heavy atom. The quantitative estimate of drug-likeness (QED) is 0.244. The Morgan fingerprint density at radius 2 is 1.66 bits per heavy atom. The van der Waals surface area contributed by atoms with E-state index in [1.54, 1.807) is 12.0 Å². The summed E-state index contributed by atoms with van der Waals surface area (Å²) >= 11 is 0. The third kappa shape index (κ3) is 6.52. The number of benzene rings is 2. The zero-order valence-corrected chi connectivity index (χ0v) is 23.0. The lowest BCUT2D eigenvalue weighted by Crippen LogP contribution is -2.65. The highest BCUT2D eigenvalue weighted by Crippen LogP contribution is 2.41. The summed E-state index contributed by atoms with van der Waals surface area (Å²) in [7, 11) is -0.455. The number of likely N-dealkylation sites (tertiary alicyclic amines) is 1. The van der Waals surface area contributed by atoms with Crippen molar-refractivity contribution < 1.29 is 23.5 Å². The van der Waals surface area contributed by atoms with E-state index in [-0.39, 0.29) is 48.0 Å². The van der Waals surface area contributed by atoms with E-state index in [0.717, 1.165) is 16.9 Å². The second-order valence-electron chi connectivity index (χ2n) is 10.8. The predicted molar refractivity (Wildman–Crippen MR) is 139 cm³/mol. The fourth-order valence-electron chi connectivity index (χ4n) is 4.19. The molecule has 1 saturated heterocycles. The van der Waals surface area contributed by atoms with Crippen LogP contribution in [0, 0.1) is 5.92 Å². The topological polar surface area (TPSA) is 65.1 Å². The summed E-state index contributed by atoms with van der Waals surface area (Å²) in [5.41, 5.74) is 1.92. The SMILES string of the molecule is COc1ccc(CN2C(=O)[C@H]([C@@H](C)O[Si](C)(C)C(C)(C)C)[C@H]2CC(=O)OCc2ccccc2)cc1. The molecular formula is C28H39NO5Si. The molecule has 0 N–H and O–H groups in total. The van der Waals surface area contributed by atoms with Crippen LogP contribution in [0.15, 0.2) is 54.6 Å². The Balaban J connectivity index is 1.73. The van der Waals surface area contributed by atoms with Crippen LogP contribution in [-0.2, 0) is 31.9 Å². The molecule has 0 radical (unpaired) electrons. The molecule has 1 amide bonds. The Morgan fingerprint density at radius 3 is 2.23 bits per heavy atom. The van der Waals surface area contributed by atoms with E-state index in [1.165, 1.54) is 0 Å². The first kappa shape index (κ1) is 27.0. The molecule has 0 bridgehead atoms. The zero-order valence-electron chi connectivity index (χ0n) is 22.0. The molecular weight excluding hydrogens is 458 g/mol. The number of rotatable bonds is 10. The van der Waals surface area contributed by atoms with E-state index in [2.05, 4.69) is 33.9 Å². The summed E-state index contributed by atoms with van der Waals surface area (Å²) < 4.78 is 17.4. The predicted octanol–water partition coefficient (Wildman–Crippen LogP) is 5.57. The number of carbonyl (C=O) groups is 2. The monoisotopic (exact) mass is 497 g/mol. The Hall–Kier alpha value is -2.64. The van der Waals surface area contributed by atoms with Gasteiger partial charge in [-0.05, 0) is 48.3 Å². The van der Waals surface area contributed by atoms with Crippen molar-refractivity contribution >= 4 is 20.2 Å². The maximum atomic E-state index is 13.3. The lowest BCUT2D eigenvalue weighted by atomic mass is 9.81. The molecule has 1 heterocycles. The number of nitrogens with zero attached hydrogens (tertiary/aromatic N) is 1. The van der Waals surface area contributed by atoms with Gasteiger partial charge >= 0.3 is 5.97 Å². The van der Waals surface area contributed by atoms with Crippen molar-refractivity contribution in [2.24, 2.45) is 5.92 Å². The molecule has 2 aromatic carbocycles. The number of hydrogen-bond acceptors (Lipinski definition) is 5. The molecule has 0 unspecified atom stereocenters. The highest BCUT2D eigenvalue weighted by Gasteiger charge is 2.52. The highest BCUT2D eigenvalue weighted by molar-refractivity contribution is 6.74. The molecule has 0 spiro atoms. The van der Waals surface area contributed by atoms with Crippen molar-refractivity contribution in [2.45, 2.75) is 77.5 Å². The van der Waals surface area contributed by atoms with Gasteiger partial charge in [0.25, 0.3) is 0 Å². The molecule has 190 valence electrons. The van der Waals surface area contributed by atoms with Gasteiger partial charge in [-0.2, -0.15) is 0 Å². The third-order valence-electron chi connectivity index (χ3n) is 7.31. The van der Waals surface area contributed by atoms with E-state index in [9.17, 15) is 9.59 Å². The molecule has 3 atom stereocenters. The van der Waals surface area contributed by atoms with Crippen LogP contribution in [0.1, 0.15) is 45.2 Å². The summed E-state index contributed by atoms with van der Waals surface area (Å²) in [6.07, 6.45) is -0.132. The van der Waals surface area contributed by atoms with Crippen LogP contribution in [0.5, 0.6) is 5.75 Å². The van der Waals surface area contributed by atoms with Gasteiger partial charge in [0.05, 0.1) is 31.6 Å². The maximum Gasteiger partial charge on any atom is 0.308 e. The summed E-state index contributed by atoms with van der Waals surface area (Å²) in [6, 6.07) is 17.0. The summed E-state index contributed by atoms with van der Waals surface area (Å²) in [5, 5.41) is 0.0287. The first-order valence-electron chi connectivity index (χ1n) is 12.2. The molecule has 1 aliphatic rings. The standard InChI is InChI=1S/C28H39NO5Si/c1-20(34-35(6,7)28(2,3)4)26-24(17-25(30)33-19-22-11-9-8-10-12-22)29(27(26)31)18-21-13-15-23(32-5)16-14-21/h8-16,20,24,26H,17-19H2,1-7H3/t20-,24-,26-/m1/s1. The molecule has 35 heavy (non-hydrogen) atoms. The summed E-state index contributed by atoms with van der Waals surface area (Å²) in [5.74, 6) is 0.106. The van der Waals surface area contributed by atoms with Gasteiger partial charge in [0.2, 0.25) is 5.91 Å². The maximum absolute atomic E-state index is 13.3. The molecule has 7 heteroatoms. The minimum absolute atomic E-state index is 0.0212. The molecule has 3 rings (SSSR count). The fraction of sp³-hybridized carbons (Fsp3) is 0.500. The van der Waals surface area contributed by atoms with Gasteiger partial charge < -0.3 is 18.8 Å². The van der Waals surface area contributed by atoms with Crippen LogP contribution in [0.4, 0.5) is 0 Å². The van der Waals surface area contributed by atoms with Crippen molar-refractivity contribution in [3.05, 3.63) is 65.7 Å². The van der Waals surface area contributed by atoms with E-state index < -0.39 is 8.32 Å². The lowest BCUT2D eigenvalue weighted by molar-refractivity contribution is -0.169. The van der Waals surface area contributed by atoms with E-state index in [4.69, 9.17) is 13.9 Å². The number of ether oxygens (including phenoxy) is 2. The molecule has 1 fully saturated rings. The van der Waals surface area contributed by atoms with E-state index >= 15 is 0 Å². The smallest absolute Gasteiger partial charge is 0.308 e. The summed E-state index contributed by atoms with van der Waals surface area (Å²) in [6.45, 7) is 13.5. The van der Waals surface area contributed by atoms with Gasteiger partial charge in [-0.25, -0.2) is 0 Å². The average Bonchev–Trinajstić information content (AvgIpc) is 2.81. The molecule has 0 aliphatic carbocycles. The van der Waals surface area contributed by atoms with Gasteiger partial charge in [-0.1, -0.05) is 63.2 Å². The second-order valence-corrected chi connectivity index (χ2v) is 15.6. The van der Waals surface area contributed by atoms with Gasteiger partial charge in [-0.3, -0.25) is 9.59 Å². The number of esters is 1. The number of β-lactam (4-membered cyclic amide) rings is 1. The largest absolute Gasteiger partial charge is 0.497 e. The molecule has 2 aromatic rings. The summed E-state index contributed by atoms with van der Waals surface area (Å²) in [4.78, 5) is 27.9. The van der Waals surface area contributed by atoms with Crippen molar-refractivity contribution in [1.82, 2.24) is 4.90 Å². The number of carbonyl (C=O) groups excluding carboxylic acids is 2. The first-order chi connectivity index (χ1) is 16.4.